The van der Waals surface area contributed by atoms with E-state index >= 15 is 0 Å². The van der Waals surface area contributed by atoms with Crippen LogP contribution in [0.2, 0.25) is 0 Å². The summed E-state index contributed by atoms with van der Waals surface area (Å²) < 4.78 is 0. The lowest BCUT2D eigenvalue weighted by Crippen LogP contribution is -2.54. The van der Waals surface area contributed by atoms with Crippen LogP contribution < -0.4 is 0 Å². The Morgan fingerprint density at radius 3 is 0.769 bits per heavy atom. The molecule has 4 unspecified atom stereocenters. The van der Waals surface area contributed by atoms with Gasteiger partial charge in [-0.1, -0.05) is 0 Å². The molecule has 0 aliphatic heterocycles. The molecule has 0 saturated heterocycles. The summed E-state index contributed by atoms with van der Waals surface area (Å²) in [5.74, 6) is 0. The summed E-state index contributed by atoms with van der Waals surface area (Å²) >= 11 is 14.5. The van der Waals surface area contributed by atoms with Crippen molar-refractivity contribution >= 4 is 50.5 Å². The highest BCUT2D eigenvalue weighted by Gasteiger charge is 2.51. The lowest BCUT2D eigenvalue weighted by Gasteiger charge is -2.41. The second-order valence-corrected chi connectivity index (χ2v) is 4.45. The van der Waals surface area contributed by atoms with Gasteiger partial charge in [0.15, 0.2) is 0 Å². The number of rotatable bonds is 4. The molecule has 0 spiro atoms. The van der Waals surface area contributed by atoms with Crippen molar-refractivity contribution in [2.45, 2.75) is 21.7 Å². The maximum absolute atomic E-state index is 9.21. The minimum atomic E-state index is -1.82. The fraction of sp³-hybridized carbons (Fsp3) is 1.00. The molecule has 0 aliphatic carbocycles. The average Bonchev–Trinajstić information content (AvgIpc) is 1.82. The van der Waals surface area contributed by atoms with Crippen LogP contribution in [0.15, 0.2) is 0 Å². The highest BCUT2D eigenvalue weighted by atomic mass is 32.1. The first-order valence-electron chi connectivity index (χ1n) is 3.22. The molecule has 0 radical (unpaired) electrons. The van der Waals surface area contributed by atoms with Crippen molar-refractivity contribution in [2.75, 3.05) is 0 Å². The molecule has 0 aromatic heterocycles. The lowest BCUT2D eigenvalue weighted by molar-refractivity contribution is -0.0846. The fourth-order valence-corrected chi connectivity index (χ4v) is 3.20. The Balaban J connectivity index is 5.06. The van der Waals surface area contributed by atoms with E-state index in [4.69, 9.17) is 0 Å². The van der Waals surface area contributed by atoms with Crippen LogP contribution in [-0.4, -0.2) is 42.2 Å². The molecule has 4 atom stereocenters. The van der Waals surface area contributed by atoms with Crippen molar-refractivity contribution < 1.29 is 20.4 Å². The number of hydrogen-bond acceptors (Lipinski definition) is 8. The van der Waals surface area contributed by atoms with Crippen molar-refractivity contribution in [1.29, 1.82) is 0 Å². The molecule has 0 heterocycles. The number of hydrogen-bond donors (Lipinski definition) is 8. The highest BCUT2D eigenvalue weighted by molar-refractivity contribution is 7.83. The van der Waals surface area contributed by atoms with E-state index in [1.165, 1.54) is 0 Å². The minimum absolute atomic E-state index is 1.51. The summed E-state index contributed by atoms with van der Waals surface area (Å²) in [5.41, 5.74) is -7.88. The Bertz CT molecular complexity index is 123. The van der Waals surface area contributed by atoms with Crippen molar-refractivity contribution in [3.63, 3.8) is 0 Å². The van der Waals surface area contributed by atoms with Gasteiger partial charge in [-0.3, -0.25) is 0 Å². The van der Waals surface area contributed by atoms with Gasteiger partial charge < -0.3 is 20.4 Å². The Hall–Kier alpha value is 1.24. The third-order valence-corrected chi connectivity index (χ3v) is 3.58. The summed E-state index contributed by atoms with van der Waals surface area (Å²) in [6, 6.07) is 0. The molecule has 0 bridgehead atoms. The Morgan fingerprint density at radius 2 is 0.769 bits per heavy atom. The van der Waals surface area contributed by atoms with Gasteiger partial charge in [-0.15, -0.1) is 50.5 Å². The van der Waals surface area contributed by atoms with Crippen LogP contribution in [0.1, 0.15) is 0 Å². The zero-order valence-electron chi connectivity index (χ0n) is 6.39. The topological polar surface area (TPSA) is 80.9 Å². The molecule has 0 aliphatic rings. The molecular formula is C5H12O4S4. The summed E-state index contributed by atoms with van der Waals surface area (Å²) in [4.78, 5) is 0. The van der Waals surface area contributed by atoms with Gasteiger partial charge in [0, 0.05) is 0 Å². The molecule has 0 saturated carbocycles. The second-order valence-electron chi connectivity index (χ2n) is 2.49. The van der Waals surface area contributed by atoms with Crippen molar-refractivity contribution in [3.8, 4) is 0 Å². The Kier molecular flexibility index (Phi) is 5.87. The van der Waals surface area contributed by atoms with Crippen LogP contribution in [-0.2, 0) is 0 Å². The number of aliphatic hydroxyl groups is 4. The van der Waals surface area contributed by atoms with Crippen LogP contribution in [0.3, 0.4) is 0 Å². The van der Waals surface area contributed by atoms with Gasteiger partial charge >= 0.3 is 0 Å². The first-order valence-corrected chi connectivity index (χ1v) is 5.29. The molecule has 13 heavy (non-hydrogen) atoms. The maximum Gasteiger partial charge on any atom is 0.112 e. The van der Waals surface area contributed by atoms with Gasteiger partial charge in [0.1, 0.15) is 27.2 Å². The molecule has 0 fully saturated rings. The standard InChI is InChI=1S/C5H12O4S4/c6-1(10)5(2(7)11,3(8)12)4(9)13/h1-4,6-13H. The molecule has 0 aromatic carbocycles. The van der Waals surface area contributed by atoms with E-state index in [2.05, 4.69) is 50.5 Å². The monoisotopic (exact) mass is 264 g/mol. The first kappa shape index (κ1) is 14.2. The van der Waals surface area contributed by atoms with E-state index < -0.39 is 27.2 Å². The zero-order valence-corrected chi connectivity index (χ0v) is 9.96. The van der Waals surface area contributed by atoms with Gasteiger partial charge in [-0.05, 0) is 0 Å². The van der Waals surface area contributed by atoms with E-state index in [-0.39, 0.29) is 0 Å². The molecule has 0 amide bonds. The quantitative estimate of drug-likeness (QED) is 0.247. The third kappa shape index (κ3) is 2.63. The van der Waals surface area contributed by atoms with E-state index in [9.17, 15) is 20.4 Å². The number of aliphatic hydroxyl groups excluding tert-OH is 4. The fourth-order valence-electron chi connectivity index (χ4n) is 0.800. The minimum Gasteiger partial charge on any atom is -0.382 e. The van der Waals surface area contributed by atoms with Gasteiger partial charge in [0.05, 0.1) is 0 Å². The Morgan fingerprint density at radius 1 is 0.615 bits per heavy atom. The van der Waals surface area contributed by atoms with Crippen LogP contribution in [0.4, 0.5) is 0 Å². The van der Waals surface area contributed by atoms with E-state index in [0.717, 1.165) is 0 Å². The summed E-state index contributed by atoms with van der Waals surface area (Å²) in [6.07, 6.45) is 0. The van der Waals surface area contributed by atoms with Crippen LogP contribution >= 0.6 is 50.5 Å². The molecule has 0 rings (SSSR count). The molecule has 4 N–H and O–H groups in total. The summed E-state index contributed by atoms with van der Waals surface area (Å²) in [5, 5.41) is 36.8. The van der Waals surface area contributed by atoms with Crippen LogP contribution in [0.5, 0.6) is 0 Å². The van der Waals surface area contributed by atoms with Gasteiger partial charge in [-0.25, -0.2) is 0 Å². The molecule has 0 aromatic rings. The first-order chi connectivity index (χ1) is 5.77. The van der Waals surface area contributed by atoms with Crippen molar-refractivity contribution in [1.82, 2.24) is 0 Å². The van der Waals surface area contributed by atoms with Crippen molar-refractivity contribution in [3.05, 3.63) is 0 Å². The van der Waals surface area contributed by atoms with E-state index in [1.807, 2.05) is 0 Å². The molecular weight excluding hydrogens is 252 g/mol. The molecule has 8 heteroatoms. The summed E-state index contributed by atoms with van der Waals surface area (Å²) in [7, 11) is 0. The number of thiol groups is 4. The normalized spacial score (nSPS) is 25.8. The van der Waals surface area contributed by atoms with Crippen LogP contribution in [0, 0.1) is 5.41 Å². The molecule has 80 valence electrons. The maximum atomic E-state index is 9.21. The van der Waals surface area contributed by atoms with Gasteiger partial charge in [0.25, 0.3) is 0 Å². The van der Waals surface area contributed by atoms with Gasteiger partial charge in [-0.2, -0.15) is 0 Å². The second kappa shape index (κ2) is 5.36. The van der Waals surface area contributed by atoms with Crippen molar-refractivity contribution in [2.24, 2.45) is 5.41 Å². The van der Waals surface area contributed by atoms with E-state index in [0.29, 0.717) is 0 Å². The lowest BCUT2D eigenvalue weighted by atomic mass is 9.91. The zero-order chi connectivity index (χ0) is 10.8. The van der Waals surface area contributed by atoms with Gasteiger partial charge in [0.2, 0.25) is 0 Å². The Labute approximate surface area is 98.0 Å². The predicted molar refractivity (Wildman–Crippen MR) is 62.4 cm³/mol. The third-order valence-electron chi connectivity index (χ3n) is 1.79. The highest BCUT2D eigenvalue weighted by Crippen LogP contribution is 2.41. The van der Waals surface area contributed by atoms with Crippen LogP contribution in [0.25, 0.3) is 0 Å². The average molecular weight is 264 g/mol. The van der Waals surface area contributed by atoms with E-state index in [1.54, 1.807) is 0 Å². The predicted octanol–water partition coefficient (Wildman–Crippen LogP) is -1.03. The largest absolute Gasteiger partial charge is 0.382 e. The molecule has 4 nitrogen and oxygen atoms in total. The SMILES string of the molecule is OC(S)C(C(O)S)(C(O)S)C(O)S. The smallest absolute Gasteiger partial charge is 0.112 e. The summed E-state index contributed by atoms with van der Waals surface area (Å²) in [6.45, 7) is 0.